The summed E-state index contributed by atoms with van der Waals surface area (Å²) < 4.78 is 9.72. The number of pyridine rings is 1. The quantitative estimate of drug-likeness (QED) is 0.162. The zero-order valence-electron chi connectivity index (χ0n) is 48.2. The summed E-state index contributed by atoms with van der Waals surface area (Å²) in [5, 5.41) is 19.4. The van der Waals surface area contributed by atoms with Crippen molar-refractivity contribution in [3.05, 3.63) is 228 Å². The monoisotopic (exact) mass is 1050 g/mol. The number of furan rings is 1. The van der Waals surface area contributed by atoms with Gasteiger partial charge in [0, 0.05) is 50.2 Å². The van der Waals surface area contributed by atoms with E-state index in [1.807, 2.05) is 6.20 Å². The minimum absolute atomic E-state index is 0.116. The van der Waals surface area contributed by atoms with Crippen LogP contribution in [-0.2, 0) is 16.2 Å². The van der Waals surface area contributed by atoms with E-state index in [1.54, 1.807) is 0 Å². The lowest BCUT2D eigenvalue weighted by Crippen LogP contribution is -2.17. The molecule has 13 rings (SSSR count). The number of aromatic nitrogens is 3. The molecule has 0 radical (unpaired) electrons. The second-order valence-corrected chi connectivity index (χ2v) is 25.3. The third-order valence-electron chi connectivity index (χ3n) is 16.6. The highest BCUT2D eigenvalue weighted by Crippen LogP contribution is 2.50. The SMILES string of the molecule is Cc1cc(-c2ccccc2)cc(C)c1-c1ccnc(-c2cc(-c3cccc4c3nc(-c3cc(C(C)(C)C)cc(C(C)(C)C)c3O)n4-c3ccc(C(C)(C)C)cc3-c3ccccc3)c3oc4c5ccccc5c5ccccc5c4c3c2)c1. The summed E-state index contributed by atoms with van der Waals surface area (Å²) in [6.45, 7) is 24.4. The molecule has 3 aromatic heterocycles. The molecule has 0 bridgehead atoms. The predicted molar refractivity (Wildman–Crippen MR) is 341 cm³/mol. The number of benzene rings is 10. The number of imidazole rings is 1. The average molecular weight is 1050 g/mol. The number of phenols is 1. The van der Waals surface area contributed by atoms with Gasteiger partial charge in [-0.2, -0.15) is 0 Å². The number of para-hydroxylation sites is 1. The molecule has 0 amide bonds. The third kappa shape index (κ3) is 8.78. The highest BCUT2D eigenvalue weighted by atomic mass is 16.3. The van der Waals surface area contributed by atoms with E-state index in [-0.39, 0.29) is 22.0 Å². The van der Waals surface area contributed by atoms with E-state index in [1.165, 1.54) is 38.8 Å². The Morgan fingerprint density at radius 2 is 1.05 bits per heavy atom. The fourth-order valence-corrected chi connectivity index (χ4v) is 12.4. The first-order valence-electron chi connectivity index (χ1n) is 28.4. The average Bonchev–Trinajstić information content (AvgIpc) is 3.67. The number of phenolic OH excluding ortho intramolecular Hbond substituents is 1. The number of aromatic hydroxyl groups is 1. The van der Waals surface area contributed by atoms with E-state index in [0.717, 1.165) is 105 Å². The van der Waals surface area contributed by atoms with Crippen molar-refractivity contribution < 1.29 is 9.52 Å². The number of hydrogen-bond acceptors (Lipinski definition) is 4. The lowest BCUT2D eigenvalue weighted by Gasteiger charge is -2.28. The van der Waals surface area contributed by atoms with Crippen LogP contribution < -0.4 is 0 Å². The van der Waals surface area contributed by atoms with Gasteiger partial charge in [0.1, 0.15) is 22.7 Å². The Morgan fingerprint density at radius 1 is 0.432 bits per heavy atom. The van der Waals surface area contributed by atoms with E-state index in [2.05, 4.69) is 275 Å². The maximum atomic E-state index is 12.9. The molecule has 5 nitrogen and oxygen atoms in total. The van der Waals surface area contributed by atoms with E-state index in [4.69, 9.17) is 14.4 Å². The van der Waals surface area contributed by atoms with Crippen LogP contribution in [0.2, 0.25) is 0 Å². The molecule has 1 N–H and O–H groups in total. The first-order chi connectivity index (χ1) is 38.8. The minimum Gasteiger partial charge on any atom is -0.507 e. The highest BCUT2D eigenvalue weighted by Gasteiger charge is 2.31. The van der Waals surface area contributed by atoms with Gasteiger partial charge in [0.15, 0.2) is 0 Å². The summed E-state index contributed by atoms with van der Waals surface area (Å²) in [6.07, 6.45) is 1.95. The number of rotatable bonds is 7. The zero-order valence-corrected chi connectivity index (χ0v) is 48.2. The van der Waals surface area contributed by atoms with Crippen LogP contribution in [0.3, 0.4) is 0 Å². The van der Waals surface area contributed by atoms with Crippen LogP contribution in [0.5, 0.6) is 5.75 Å². The van der Waals surface area contributed by atoms with Gasteiger partial charge in [0.05, 0.1) is 28.0 Å². The maximum Gasteiger partial charge on any atom is 0.149 e. The molecule has 0 aliphatic rings. The predicted octanol–water partition coefficient (Wildman–Crippen LogP) is 20.8. The largest absolute Gasteiger partial charge is 0.507 e. The van der Waals surface area contributed by atoms with E-state index >= 15 is 0 Å². The molecule has 5 heteroatoms. The molecule has 81 heavy (non-hydrogen) atoms. The number of hydrogen-bond donors (Lipinski definition) is 1. The Bertz CT molecular complexity index is 4630. The molecule has 0 unspecified atom stereocenters. The summed E-state index contributed by atoms with van der Waals surface area (Å²) >= 11 is 0. The van der Waals surface area contributed by atoms with E-state index < -0.39 is 0 Å². The van der Waals surface area contributed by atoms with Gasteiger partial charge in [-0.15, -0.1) is 0 Å². The molecule has 0 saturated carbocycles. The molecule has 0 atom stereocenters. The van der Waals surface area contributed by atoms with Crippen LogP contribution in [-0.4, -0.2) is 19.6 Å². The first-order valence-corrected chi connectivity index (χ1v) is 28.4. The van der Waals surface area contributed by atoms with Crippen LogP contribution in [0.15, 0.2) is 205 Å². The summed E-state index contributed by atoms with van der Waals surface area (Å²) in [4.78, 5) is 11.0. The van der Waals surface area contributed by atoms with Crippen LogP contribution in [0.1, 0.15) is 90.1 Å². The van der Waals surface area contributed by atoms with Crippen molar-refractivity contribution in [2.45, 2.75) is 92.4 Å². The van der Waals surface area contributed by atoms with Crippen LogP contribution >= 0.6 is 0 Å². The Kier molecular flexibility index (Phi) is 12.1. The van der Waals surface area contributed by atoms with Crippen LogP contribution in [0.4, 0.5) is 0 Å². The van der Waals surface area contributed by atoms with Gasteiger partial charge >= 0.3 is 0 Å². The van der Waals surface area contributed by atoms with Crippen LogP contribution in [0, 0.1) is 13.8 Å². The molecule has 398 valence electrons. The molecule has 0 aliphatic carbocycles. The lowest BCUT2D eigenvalue weighted by molar-refractivity contribution is 0.446. The first kappa shape index (κ1) is 51.4. The normalized spacial score (nSPS) is 12.4. The van der Waals surface area contributed by atoms with Crippen molar-refractivity contribution in [2.24, 2.45) is 0 Å². The summed E-state index contributed by atoms with van der Waals surface area (Å²) in [6, 6.07) is 69.8. The highest BCUT2D eigenvalue weighted by molar-refractivity contribution is 6.31. The van der Waals surface area contributed by atoms with Crippen molar-refractivity contribution >= 4 is 54.5 Å². The van der Waals surface area contributed by atoms with Crippen molar-refractivity contribution in [1.29, 1.82) is 0 Å². The maximum absolute atomic E-state index is 12.9. The molecule has 0 aliphatic heterocycles. The van der Waals surface area contributed by atoms with Crippen molar-refractivity contribution in [3.8, 4) is 78.6 Å². The van der Waals surface area contributed by atoms with E-state index in [9.17, 15) is 5.11 Å². The number of aryl methyl sites for hydroxylation is 2. The summed E-state index contributed by atoms with van der Waals surface area (Å²) in [5.41, 5.74) is 20.3. The van der Waals surface area contributed by atoms with Crippen molar-refractivity contribution in [2.75, 3.05) is 0 Å². The van der Waals surface area contributed by atoms with Gasteiger partial charge < -0.3 is 9.52 Å². The third-order valence-corrected chi connectivity index (χ3v) is 16.6. The van der Waals surface area contributed by atoms with Gasteiger partial charge in [0.2, 0.25) is 0 Å². The van der Waals surface area contributed by atoms with E-state index in [0.29, 0.717) is 11.4 Å². The lowest BCUT2D eigenvalue weighted by atomic mass is 9.79. The van der Waals surface area contributed by atoms with Gasteiger partial charge in [-0.25, -0.2) is 4.98 Å². The Balaban J connectivity index is 1.14. The molecule has 0 fully saturated rings. The van der Waals surface area contributed by atoms with Gasteiger partial charge in [-0.3, -0.25) is 9.55 Å². The molecular weight excluding hydrogens is 987 g/mol. The van der Waals surface area contributed by atoms with Crippen LogP contribution in [0.25, 0.3) is 127 Å². The standard InChI is InChI=1S/C76H67N3O2/c1-45-37-50(47-23-14-12-15-24-47)38-46(2)67(45)49-35-36-77-64(41-49)51-39-60(71-61(40-51)68-56-29-20-18-27-54(56)55-28-19-21-30-58(55)72(68)81-71)57-31-22-32-66-69(57)78-73(62-43-53(75(6,7)8)44-63(70(62)80)76(9,10)11)79(66)65-34-33-52(74(3,4)5)42-59(65)48-25-16-13-17-26-48/h12-44,80H,1-11H3. The van der Waals surface area contributed by atoms with Crippen molar-refractivity contribution in [3.63, 3.8) is 0 Å². The van der Waals surface area contributed by atoms with Gasteiger partial charge in [-0.05, 0) is 145 Å². The summed E-state index contributed by atoms with van der Waals surface area (Å²) in [7, 11) is 0. The van der Waals surface area contributed by atoms with Gasteiger partial charge in [0.25, 0.3) is 0 Å². The number of nitrogens with zero attached hydrogens (tertiary/aromatic N) is 3. The molecule has 0 saturated heterocycles. The summed E-state index contributed by atoms with van der Waals surface area (Å²) in [5.74, 6) is 0.882. The molecule has 0 spiro atoms. The van der Waals surface area contributed by atoms with Crippen molar-refractivity contribution in [1.82, 2.24) is 14.5 Å². The Hall–Kier alpha value is -9.06. The Labute approximate surface area is 475 Å². The second kappa shape index (κ2) is 19.1. The fourth-order valence-electron chi connectivity index (χ4n) is 12.4. The second-order valence-electron chi connectivity index (χ2n) is 25.3. The zero-order chi connectivity index (χ0) is 56.3. The molecular formula is C76H67N3O2. The fraction of sp³-hybridized carbons (Fsp3) is 0.184. The Morgan fingerprint density at radius 3 is 1.72 bits per heavy atom. The topological polar surface area (TPSA) is 64.1 Å². The van der Waals surface area contributed by atoms with Gasteiger partial charge in [-0.1, -0.05) is 208 Å². The smallest absolute Gasteiger partial charge is 0.149 e. The molecule has 3 heterocycles. The molecule has 13 aromatic rings. The minimum atomic E-state index is -0.373. The number of fused-ring (bicyclic) bond motifs is 9. The molecule has 10 aromatic carbocycles.